The van der Waals surface area contributed by atoms with E-state index in [0.717, 1.165) is 19.4 Å². The van der Waals surface area contributed by atoms with Crippen LogP contribution in [0.1, 0.15) is 32.8 Å². The van der Waals surface area contributed by atoms with Gasteiger partial charge in [0.15, 0.2) is 0 Å². The van der Waals surface area contributed by atoms with Gasteiger partial charge in [-0.1, -0.05) is 6.07 Å². The maximum Gasteiger partial charge on any atom is 0.0598 e. The fourth-order valence-corrected chi connectivity index (χ4v) is 1.20. The van der Waals surface area contributed by atoms with E-state index in [0.29, 0.717) is 0 Å². The van der Waals surface area contributed by atoms with E-state index in [2.05, 4.69) is 31.8 Å². The zero-order chi connectivity index (χ0) is 10.4. The summed E-state index contributed by atoms with van der Waals surface area (Å²) >= 11 is 0. The number of nitrogens with zero attached hydrogens (tertiary/aromatic N) is 1. The lowest BCUT2D eigenvalue weighted by Crippen LogP contribution is -2.19. The molecule has 0 aliphatic rings. The largest absolute Gasteiger partial charge is 0.376 e. The molecule has 1 heterocycles. The Hall–Kier alpha value is -0.890. The van der Waals surface area contributed by atoms with Crippen molar-refractivity contribution in [3.8, 4) is 0 Å². The fraction of sp³-hybridized carbons (Fsp3) is 0.583. The Morgan fingerprint density at radius 1 is 1.36 bits per heavy atom. The highest BCUT2D eigenvalue weighted by Gasteiger charge is 2.08. The standard InChI is InChI=1S/C12H19NO/c1-12(2,3)14-9-5-7-11-6-4-8-13-10-11/h4,6,8,10H,5,7,9H2,1-3H3. The summed E-state index contributed by atoms with van der Waals surface area (Å²) in [6, 6.07) is 4.07. The first-order chi connectivity index (χ1) is 6.58. The van der Waals surface area contributed by atoms with Gasteiger partial charge < -0.3 is 4.74 Å². The number of hydrogen-bond donors (Lipinski definition) is 0. The van der Waals surface area contributed by atoms with E-state index in [9.17, 15) is 0 Å². The summed E-state index contributed by atoms with van der Waals surface area (Å²) in [6.45, 7) is 7.06. The molecule has 0 radical (unpaired) electrons. The van der Waals surface area contributed by atoms with Crippen LogP contribution in [-0.4, -0.2) is 17.2 Å². The fourth-order valence-electron chi connectivity index (χ4n) is 1.20. The van der Waals surface area contributed by atoms with Crippen molar-refractivity contribution in [2.75, 3.05) is 6.61 Å². The van der Waals surface area contributed by atoms with E-state index < -0.39 is 0 Å². The lowest BCUT2D eigenvalue weighted by atomic mass is 10.1. The van der Waals surface area contributed by atoms with Gasteiger partial charge in [-0.25, -0.2) is 0 Å². The van der Waals surface area contributed by atoms with Crippen molar-refractivity contribution >= 4 is 0 Å². The number of ether oxygens (including phenoxy) is 1. The molecule has 2 heteroatoms. The molecule has 0 unspecified atom stereocenters. The van der Waals surface area contributed by atoms with Gasteiger partial charge in [-0.05, 0) is 45.2 Å². The van der Waals surface area contributed by atoms with Crippen molar-refractivity contribution in [1.29, 1.82) is 0 Å². The SMILES string of the molecule is CC(C)(C)OCCCc1cccnc1. The molecule has 78 valence electrons. The van der Waals surface area contributed by atoms with Gasteiger partial charge in [-0.3, -0.25) is 4.98 Å². The minimum Gasteiger partial charge on any atom is -0.376 e. The van der Waals surface area contributed by atoms with Crippen molar-refractivity contribution in [2.24, 2.45) is 0 Å². The highest BCUT2D eigenvalue weighted by Crippen LogP contribution is 2.08. The average Bonchev–Trinajstić information content (AvgIpc) is 2.13. The molecule has 1 rings (SSSR count). The quantitative estimate of drug-likeness (QED) is 0.686. The second-order valence-corrected chi connectivity index (χ2v) is 4.43. The Morgan fingerprint density at radius 2 is 2.14 bits per heavy atom. The van der Waals surface area contributed by atoms with Gasteiger partial charge in [0.2, 0.25) is 0 Å². The number of aryl methyl sites for hydroxylation is 1. The van der Waals surface area contributed by atoms with Gasteiger partial charge in [0.25, 0.3) is 0 Å². The Bertz CT molecular complexity index is 251. The molecule has 14 heavy (non-hydrogen) atoms. The predicted octanol–water partition coefficient (Wildman–Crippen LogP) is 2.83. The molecule has 0 aromatic carbocycles. The predicted molar refractivity (Wildman–Crippen MR) is 58.3 cm³/mol. The maximum atomic E-state index is 5.63. The molecule has 1 aromatic heterocycles. The first-order valence-corrected chi connectivity index (χ1v) is 5.11. The van der Waals surface area contributed by atoms with Crippen LogP contribution < -0.4 is 0 Å². The summed E-state index contributed by atoms with van der Waals surface area (Å²) in [6.07, 6.45) is 5.82. The smallest absolute Gasteiger partial charge is 0.0598 e. The zero-order valence-corrected chi connectivity index (χ0v) is 9.29. The van der Waals surface area contributed by atoms with Crippen LogP contribution in [-0.2, 0) is 11.2 Å². The lowest BCUT2D eigenvalue weighted by molar-refractivity contribution is -0.00384. The van der Waals surface area contributed by atoms with Crippen LogP contribution in [0.4, 0.5) is 0 Å². The third-order valence-corrected chi connectivity index (χ3v) is 1.87. The Balaban J connectivity index is 2.17. The average molecular weight is 193 g/mol. The third kappa shape index (κ3) is 4.97. The van der Waals surface area contributed by atoms with Crippen molar-refractivity contribution in [2.45, 2.75) is 39.2 Å². The monoisotopic (exact) mass is 193 g/mol. The number of pyridine rings is 1. The molecular formula is C12H19NO. The van der Waals surface area contributed by atoms with Gasteiger partial charge in [0.05, 0.1) is 5.60 Å². The van der Waals surface area contributed by atoms with Crippen LogP contribution in [0, 0.1) is 0 Å². The molecule has 1 aromatic rings. The molecular weight excluding hydrogens is 174 g/mol. The Morgan fingerprint density at radius 3 is 2.71 bits per heavy atom. The summed E-state index contributed by atoms with van der Waals surface area (Å²) in [5.74, 6) is 0. The third-order valence-electron chi connectivity index (χ3n) is 1.87. The first-order valence-electron chi connectivity index (χ1n) is 5.11. The number of rotatable bonds is 4. The van der Waals surface area contributed by atoms with E-state index in [1.807, 2.05) is 12.3 Å². The summed E-state index contributed by atoms with van der Waals surface area (Å²) in [5.41, 5.74) is 1.26. The number of aromatic nitrogens is 1. The molecule has 0 amide bonds. The molecule has 2 nitrogen and oxygen atoms in total. The minimum atomic E-state index is -0.0189. The highest BCUT2D eigenvalue weighted by molar-refractivity contribution is 5.08. The molecule has 0 saturated heterocycles. The molecule has 0 aliphatic heterocycles. The second-order valence-electron chi connectivity index (χ2n) is 4.43. The Kier molecular flexibility index (Phi) is 4.08. The zero-order valence-electron chi connectivity index (χ0n) is 9.29. The first kappa shape index (κ1) is 11.2. The van der Waals surface area contributed by atoms with Gasteiger partial charge in [0.1, 0.15) is 0 Å². The van der Waals surface area contributed by atoms with E-state index in [1.54, 1.807) is 6.20 Å². The molecule has 0 saturated carbocycles. The van der Waals surface area contributed by atoms with Crippen LogP contribution in [0.3, 0.4) is 0 Å². The molecule has 0 aliphatic carbocycles. The van der Waals surface area contributed by atoms with E-state index in [1.165, 1.54) is 5.56 Å². The molecule has 0 N–H and O–H groups in total. The Labute approximate surface area is 86.3 Å². The number of hydrogen-bond acceptors (Lipinski definition) is 2. The summed E-state index contributed by atoms with van der Waals surface area (Å²) in [4.78, 5) is 4.07. The topological polar surface area (TPSA) is 22.1 Å². The van der Waals surface area contributed by atoms with Crippen LogP contribution in [0.15, 0.2) is 24.5 Å². The highest BCUT2D eigenvalue weighted by atomic mass is 16.5. The van der Waals surface area contributed by atoms with Crippen molar-refractivity contribution in [1.82, 2.24) is 4.98 Å². The molecule has 0 atom stereocenters. The van der Waals surface area contributed by atoms with Crippen LogP contribution in [0.2, 0.25) is 0 Å². The van der Waals surface area contributed by atoms with Crippen molar-refractivity contribution in [3.63, 3.8) is 0 Å². The van der Waals surface area contributed by atoms with Gasteiger partial charge >= 0.3 is 0 Å². The van der Waals surface area contributed by atoms with Crippen molar-refractivity contribution < 1.29 is 4.74 Å². The van der Waals surface area contributed by atoms with E-state index >= 15 is 0 Å². The van der Waals surface area contributed by atoms with E-state index in [4.69, 9.17) is 4.74 Å². The normalized spacial score (nSPS) is 11.6. The van der Waals surface area contributed by atoms with Crippen LogP contribution in [0.5, 0.6) is 0 Å². The van der Waals surface area contributed by atoms with Gasteiger partial charge in [-0.2, -0.15) is 0 Å². The van der Waals surface area contributed by atoms with Crippen LogP contribution in [0.25, 0.3) is 0 Å². The molecule has 0 bridgehead atoms. The summed E-state index contributed by atoms with van der Waals surface area (Å²) in [7, 11) is 0. The van der Waals surface area contributed by atoms with Gasteiger partial charge in [-0.15, -0.1) is 0 Å². The summed E-state index contributed by atoms with van der Waals surface area (Å²) < 4.78 is 5.63. The van der Waals surface area contributed by atoms with E-state index in [-0.39, 0.29) is 5.60 Å². The summed E-state index contributed by atoms with van der Waals surface area (Å²) in [5, 5.41) is 0. The lowest BCUT2D eigenvalue weighted by Gasteiger charge is -2.19. The molecule has 0 fully saturated rings. The van der Waals surface area contributed by atoms with Gasteiger partial charge in [0, 0.05) is 19.0 Å². The van der Waals surface area contributed by atoms with Crippen molar-refractivity contribution in [3.05, 3.63) is 30.1 Å². The minimum absolute atomic E-state index is 0.0189. The maximum absolute atomic E-state index is 5.63. The second kappa shape index (κ2) is 5.11. The molecule has 0 spiro atoms. The van der Waals surface area contributed by atoms with Crippen LogP contribution >= 0.6 is 0 Å².